The van der Waals surface area contributed by atoms with Gasteiger partial charge in [-0.3, -0.25) is 0 Å². The van der Waals surface area contributed by atoms with E-state index in [1.807, 2.05) is 13.2 Å². The van der Waals surface area contributed by atoms with E-state index in [4.69, 9.17) is 0 Å². The van der Waals surface area contributed by atoms with Gasteiger partial charge in [0.15, 0.2) is 0 Å². The molecule has 0 aromatic rings. The van der Waals surface area contributed by atoms with Gasteiger partial charge in [-0.05, 0) is 12.8 Å². The molecule has 1 aliphatic heterocycles. The van der Waals surface area contributed by atoms with Crippen molar-refractivity contribution in [3.05, 3.63) is 24.3 Å². The lowest BCUT2D eigenvalue weighted by Gasteiger charge is -2.15. The van der Waals surface area contributed by atoms with Crippen LogP contribution in [0.15, 0.2) is 24.3 Å². The maximum Gasteiger partial charge on any atom is 0.102 e. The summed E-state index contributed by atoms with van der Waals surface area (Å²) in [7, 11) is 2.05. The Labute approximate surface area is 68.6 Å². The third kappa shape index (κ3) is 1.76. The summed E-state index contributed by atoms with van der Waals surface area (Å²) in [5.74, 6) is 0.983. The fourth-order valence-electron chi connectivity index (χ4n) is 1.13. The molecule has 0 saturated heterocycles. The van der Waals surface area contributed by atoms with Crippen LogP contribution in [0.1, 0.15) is 26.2 Å². The second-order valence-electron chi connectivity index (χ2n) is 2.89. The Hall–Kier alpha value is -0.920. The van der Waals surface area contributed by atoms with Crippen LogP contribution in [0, 0.1) is 0 Å². The summed E-state index contributed by atoms with van der Waals surface area (Å²) in [5.41, 5.74) is 1.34. The lowest BCUT2D eigenvalue weighted by atomic mass is 10.2. The van der Waals surface area contributed by atoms with Crippen molar-refractivity contribution in [2.24, 2.45) is 0 Å². The molecule has 0 bridgehead atoms. The van der Waals surface area contributed by atoms with Crippen LogP contribution in [0.5, 0.6) is 0 Å². The summed E-state index contributed by atoms with van der Waals surface area (Å²) >= 11 is 0. The third-order valence-corrected chi connectivity index (χ3v) is 2.03. The predicted octanol–water partition coefficient (Wildman–Crippen LogP) is 2.02. The smallest absolute Gasteiger partial charge is 0.102 e. The van der Waals surface area contributed by atoms with Crippen LogP contribution < -0.4 is 5.32 Å². The highest BCUT2D eigenvalue weighted by Crippen LogP contribution is 2.18. The van der Waals surface area contributed by atoms with E-state index in [2.05, 4.69) is 23.7 Å². The van der Waals surface area contributed by atoms with Gasteiger partial charge in [0.05, 0.1) is 0 Å². The number of hydrogen-bond acceptors (Lipinski definition) is 2. The Morgan fingerprint density at radius 2 is 2.36 bits per heavy atom. The molecule has 0 aromatic heterocycles. The summed E-state index contributed by atoms with van der Waals surface area (Å²) in [6.45, 7) is 6.06. The predicted molar refractivity (Wildman–Crippen MR) is 47.6 cm³/mol. The fourth-order valence-corrected chi connectivity index (χ4v) is 1.13. The summed E-state index contributed by atoms with van der Waals surface area (Å²) in [6, 6.07) is 0. The first-order chi connectivity index (χ1) is 5.25. The van der Waals surface area contributed by atoms with E-state index >= 15 is 0 Å². The first kappa shape index (κ1) is 8.18. The Kier molecular flexibility index (Phi) is 2.58. The molecule has 0 spiro atoms. The molecule has 0 aliphatic carbocycles. The molecule has 0 atom stereocenters. The van der Waals surface area contributed by atoms with E-state index in [1.54, 1.807) is 0 Å². The third-order valence-electron chi connectivity index (χ3n) is 2.03. The number of hydrogen-bond donors (Lipinski definition) is 1. The molecule has 1 rings (SSSR count). The van der Waals surface area contributed by atoms with Gasteiger partial charge in [-0.1, -0.05) is 19.9 Å². The lowest BCUT2D eigenvalue weighted by molar-refractivity contribution is 0.500. The monoisotopic (exact) mass is 152 g/mol. The van der Waals surface area contributed by atoms with Crippen LogP contribution in [-0.4, -0.2) is 11.9 Å². The van der Waals surface area contributed by atoms with Crippen molar-refractivity contribution >= 4 is 0 Å². The van der Waals surface area contributed by atoms with Crippen LogP contribution in [0.4, 0.5) is 0 Å². The second kappa shape index (κ2) is 3.46. The molecule has 62 valence electrons. The molecule has 1 heterocycles. The van der Waals surface area contributed by atoms with Crippen molar-refractivity contribution in [1.29, 1.82) is 0 Å². The summed E-state index contributed by atoms with van der Waals surface area (Å²) in [5, 5.41) is 3.10. The first-order valence-corrected chi connectivity index (χ1v) is 4.14. The number of unbranched alkanes of at least 4 members (excludes halogenated alkanes) is 1. The first-order valence-electron chi connectivity index (χ1n) is 4.14. The quantitative estimate of drug-likeness (QED) is 0.665. The normalized spacial score (nSPS) is 16.7. The zero-order valence-corrected chi connectivity index (χ0v) is 7.35. The summed E-state index contributed by atoms with van der Waals surface area (Å²) < 4.78 is 0. The van der Waals surface area contributed by atoms with Crippen molar-refractivity contribution < 1.29 is 0 Å². The van der Waals surface area contributed by atoms with Crippen LogP contribution in [0.25, 0.3) is 0 Å². The van der Waals surface area contributed by atoms with Gasteiger partial charge >= 0.3 is 0 Å². The van der Waals surface area contributed by atoms with E-state index in [0.717, 1.165) is 12.2 Å². The Morgan fingerprint density at radius 3 is 2.82 bits per heavy atom. The molecular formula is C9H16N2. The number of nitrogens with one attached hydrogen (secondary N) is 1. The molecule has 2 heteroatoms. The molecule has 0 unspecified atom stereocenters. The lowest BCUT2D eigenvalue weighted by Crippen LogP contribution is -2.14. The van der Waals surface area contributed by atoms with Gasteiger partial charge in [0, 0.05) is 18.9 Å². The molecule has 2 nitrogen and oxygen atoms in total. The zero-order chi connectivity index (χ0) is 8.27. The average Bonchev–Trinajstić information content (AvgIpc) is 2.31. The molecule has 0 fully saturated rings. The van der Waals surface area contributed by atoms with E-state index in [-0.39, 0.29) is 0 Å². The molecule has 1 N–H and O–H groups in total. The minimum atomic E-state index is 0.983. The molecule has 0 aromatic carbocycles. The molecule has 0 saturated carbocycles. The highest BCUT2D eigenvalue weighted by molar-refractivity contribution is 5.17. The number of rotatable bonds is 3. The maximum atomic E-state index is 3.86. The van der Waals surface area contributed by atoms with Gasteiger partial charge in [-0.15, -0.1) is 0 Å². The van der Waals surface area contributed by atoms with Gasteiger partial charge in [-0.25, -0.2) is 0 Å². The van der Waals surface area contributed by atoms with Gasteiger partial charge in [-0.2, -0.15) is 0 Å². The highest BCUT2D eigenvalue weighted by Gasteiger charge is 2.12. The number of nitrogens with zero attached hydrogens (tertiary/aromatic N) is 1. The Morgan fingerprint density at radius 1 is 1.64 bits per heavy atom. The van der Waals surface area contributed by atoms with Crippen molar-refractivity contribution in [3.63, 3.8) is 0 Å². The zero-order valence-electron chi connectivity index (χ0n) is 7.35. The summed E-state index contributed by atoms with van der Waals surface area (Å²) in [4.78, 5) is 2.11. The SMILES string of the molecule is C=C1NC=C(CCCC)N1C. The van der Waals surface area contributed by atoms with E-state index in [9.17, 15) is 0 Å². The molecule has 1 aliphatic rings. The summed E-state index contributed by atoms with van der Waals surface area (Å²) in [6.07, 6.45) is 5.69. The van der Waals surface area contributed by atoms with E-state index < -0.39 is 0 Å². The molecule has 0 amide bonds. The van der Waals surface area contributed by atoms with Gasteiger partial charge in [0.1, 0.15) is 5.82 Å². The minimum absolute atomic E-state index is 0.983. The van der Waals surface area contributed by atoms with Crippen LogP contribution in [0.3, 0.4) is 0 Å². The standard InChI is InChI=1S/C9H16N2/c1-4-5-6-9-7-10-8(2)11(9)3/h7,10H,2,4-6H2,1,3H3. The van der Waals surface area contributed by atoms with Gasteiger partial charge in [0.25, 0.3) is 0 Å². The van der Waals surface area contributed by atoms with E-state index in [1.165, 1.54) is 18.5 Å². The Bertz CT molecular complexity index is 182. The van der Waals surface area contributed by atoms with Crippen molar-refractivity contribution in [3.8, 4) is 0 Å². The average molecular weight is 152 g/mol. The van der Waals surface area contributed by atoms with Crippen molar-refractivity contribution in [2.45, 2.75) is 26.2 Å². The van der Waals surface area contributed by atoms with E-state index in [0.29, 0.717) is 0 Å². The largest absolute Gasteiger partial charge is 0.347 e. The molecular weight excluding hydrogens is 136 g/mol. The van der Waals surface area contributed by atoms with Crippen LogP contribution in [-0.2, 0) is 0 Å². The Balaban J connectivity index is 2.41. The van der Waals surface area contributed by atoms with Crippen molar-refractivity contribution in [1.82, 2.24) is 10.2 Å². The fraction of sp³-hybridized carbons (Fsp3) is 0.556. The topological polar surface area (TPSA) is 15.3 Å². The minimum Gasteiger partial charge on any atom is -0.347 e. The second-order valence-corrected chi connectivity index (χ2v) is 2.89. The maximum absolute atomic E-state index is 3.86. The van der Waals surface area contributed by atoms with Gasteiger partial charge in [0.2, 0.25) is 0 Å². The van der Waals surface area contributed by atoms with Crippen LogP contribution >= 0.6 is 0 Å². The number of allylic oxidation sites excluding steroid dienone is 1. The molecule has 0 radical (unpaired) electrons. The van der Waals surface area contributed by atoms with Crippen LogP contribution in [0.2, 0.25) is 0 Å². The van der Waals surface area contributed by atoms with Crippen molar-refractivity contribution in [2.75, 3.05) is 7.05 Å². The van der Waals surface area contributed by atoms with Gasteiger partial charge < -0.3 is 10.2 Å². The molecule has 11 heavy (non-hydrogen) atoms. The highest BCUT2D eigenvalue weighted by atomic mass is 15.3.